The van der Waals surface area contributed by atoms with Crippen molar-refractivity contribution in [2.75, 3.05) is 30.8 Å². The van der Waals surface area contributed by atoms with Crippen molar-refractivity contribution in [1.29, 1.82) is 0 Å². The number of H-pyrrole nitrogens is 1. The summed E-state index contributed by atoms with van der Waals surface area (Å²) < 4.78 is 55.1. The van der Waals surface area contributed by atoms with E-state index in [0.717, 1.165) is 25.1 Å². The number of halogens is 4. The Morgan fingerprint density at radius 3 is 2.56 bits per heavy atom. The smallest absolute Gasteiger partial charge is 0.332 e. The van der Waals surface area contributed by atoms with Crippen LogP contribution in [0.1, 0.15) is 34.5 Å². The average Bonchev–Trinajstić information content (AvgIpc) is 3.70. The van der Waals surface area contributed by atoms with E-state index in [1.807, 2.05) is 14.0 Å². The molecule has 5 rings (SSSR count). The molecule has 0 spiro atoms. The van der Waals surface area contributed by atoms with Gasteiger partial charge in [-0.1, -0.05) is 18.1 Å². The van der Waals surface area contributed by atoms with Gasteiger partial charge in [-0.25, -0.2) is 19.2 Å². The Morgan fingerprint density at radius 1 is 1.14 bits per heavy atom. The van der Waals surface area contributed by atoms with Crippen LogP contribution in [0.4, 0.5) is 33.7 Å². The molecular formula is C30H30F4N8O. The van der Waals surface area contributed by atoms with E-state index in [1.165, 1.54) is 10.6 Å². The predicted molar refractivity (Wildman–Crippen MR) is 155 cm³/mol. The summed E-state index contributed by atoms with van der Waals surface area (Å²) in [5.41, 5.74) is 2.17. The Balaban J connectivity index is 1.23. The maximum Gasteiger partial charge on any atom is 0.432 e. The monoisotopic (exact) mass is 594 g/mol. The van der Waals surface area contributed by atoms with Crippen LogP contribution < -0.4 is 16.0 Å². The van der Waals surface area contributed by atoms with Gasteiger partial charge in [-0.2, -0.15) is 13.2 Å². The topological polar surface area (TPSA) is 103 Å². The summed E-state index contributed by atoms with van der Waals surface area (Å²) >= 11 is 0. The normalized spacial score (nSPS) is 15.3. The second-order valence-corrected chi connectivity index (χ2v) is 10.4. The van der Waals surface area contributed by atoms with E-state index in [4.69, 9.17) is 0 Å². The van der Waals surface area contributed by atoms with Crippen LogP contribution in [0.15, 0.2) is 48.8 Å². The molecule has 1 fully saturated rings. The molecule has 0 saturated carbocycles. The molecule has 1 saturated heterocycles. The molecule has 3 heterocycles. The second kappa shape index (κ2) is 12.3. The highest BCUT2D eigenvalue weighted by Gasteiger charge is 2.33. The van der Waals surface area contributed by atoms with Crippen molar-refractivity contribution >= 4 is 17.4 Å². The van der Waals surface area contributed by atoms with Gasteiger partial charge in [0.25, 0.3) is 0 Å². The van der Waals surface area contributed by atoms with Gasteiger partial charge >= 0.3 is 12.2 Å². The number of aromatic nitrogens is 4. The number of nitrogens with zero attached hydrogens (tertiary/aromatic N) is 4. The number of benzene rings is 2. The summed E-state index contributed by atoms with van der Waals surface area (Å²) in [6.07, 6.45) is -1.22. The first kappa shape index (κ1) is 29.8. The number of carbonyl (C=O) groups is 1. The number of aryl methyl sites for hydroxylation is 2. The molecule has 43 heavy (non-hydrogen) atoms. The second-order valence-electron chi connectivity index (χ2n) is 10.4. The molecular weight excluding hydrogens is 564 g/mol. The molecule has 0 unspecified atom stereocenters. The Hall–Kier alpha value is -4.67. The highest BCUT2D eigenvalue weighted by atomic mass is 19.4. The van der Waals surface area contributed by atoms with Gasteiger partial charge < -0.3 is 25.5 Å². The van der Waals surface area contributed by atoms with Crippen LogP contribution >= 0.6 is 0 Å². The number of anilines is 2. The summed E-state index contributed by atoms with van der Waals surface area (Å²) in [5, 5.41) is 8.63. The minimum Gasteiger partial charge on any atom is -0.332 e. The Bertz CT molecular complexity index is 1700. The van der Waals surface area contributed by atoms with Crippen LogP contribution in [0.5, 0.6) is 0 Å². The maximum absolute atomic E-state index is 14.8. The van der Waals surface area contributed by atoms with Crippen LogP contribution in [0.25, 0.3) is 11.6 Å². The van der Waals surface area contributed by atoms with Crippen LogP contribution in [0.2, 0.25) is 0 Å². The van der Waals surface area contributed by atoms with Crippen molar-refractivity contribution in [2.24, 2.45) is 7.05 Å². The standard InChI is InChI=1S/C30H30F4N8O/c1-18-4-7-21(38-29(43)39-22-8-6-20(25(31)13-22)15-42-11-10-23(17-42)35-2)12-19(18)5-9-24-16-41(3)28(37-24)27-36-14-26(40-27)30(32,33)34/h4,6-8,12-14,16,23,35H,10-11,15,17H2,1-3H3,(H,36,40)(H2,38,39,43)/t23-/m1/s1. The number of amides is 2. The van der Waals surface area contributed by atoms with Crippen molar-refractivity contribution in [2.45, 2.75) is 32.1 Å². The van der Waals surface area contributed by atoms with E-state index < -0.39 is 17.9 Å². The third kappa shape index (κ3) is 7.22. The number of alkyl halides is 3. The lowest BCUT2D eigenvalue weighted by molar-refractivity contribution is -0.140. The van der Waals surface area contributed by atoms with Crippen molar-refractivity contribution in [3.8, 4) is 23.5 Å². The molecule has 0 bridgehead atoms. The number of rotatable bonds is 6. The number of imidazole rings is 2. The van der Waals surface area contributed by atoms with Crippen molar-refractivity contribution in [1.82, 2.24) is 29.7 Å². The lowest BCUT2D eigenvalue weighted by atomic mass is 10.1. The van der Waals surface area contributed by atoms with E-state index in [-0.39, 0.29) is 17.5 Å². The van der Waals surface area contributed by atoms with E-state index in [9.17, 15) is 22.4 Å². The number of urea groups is 1. The number of carbonyl (C=O) groups excluding carboxylic acids is 1. The zero-order chi connectivity index (χ0) is 30.7. The Labute approximate surface area is 245 Å². The Kier molecular flexibility index (Phi) is 8.52. The van der Waals surface area contributed by atoms with Gasteiger partial charge in [0.1, 0.15) is 17.2 Å². The molecule has 4 aromatic rings. The van der Waals surface area contributed by atoms with Crippen LogP contribution in [-0.2, 0) is 19.8 Å². The predicted octanol–water partition coefficient (Wildman–Crippen LogP) is 5.11. The minimum atomic E-state index is -4.54. The minimum absolute atomic E-state index is 0.0277. The molecule has 2 aromatic heterocycles. The van der Waals surface area contributed by atoms with Crippen LogP contribution in [-0.4, -0.2) is 56.6 Å². The maximum atomic E-state index is 14.8. The first-order chi connectivity index (χ1) is 20.5. The number of likely N-dealkylation sites (tertiary alicyclic amines) is 1. The molecule has 13 heteroatoms. The largest absolute Gasteiger partial charge is 0.432 e. The van der Waals surface area contributed by atoms with E-state index in [1.54, 1.807) is 43.6 Å². The van der Waals surface area contributed by atoms with Gasteiger partial charge in [-0.15, -0.1) is 0 Å². The van der Waals surface area contributed by atoms with Gasteiger partial charge in [-0.3, -0.25) is 4.90 Å². The van der Waals surface area contributed by atoms with Crippen LogP contribution in [0.3, 0.4) is 0 Å². The van der Waals surface area contributed by atoms with E-state index in [2.05, 4.69) is 47.6 Å². The third-order valence-corrected chi connectivity index (χ3v) is 7.18. The van der Waals surface area contributed by atoms with Gasteiger partial charge in [-0.05, 0) is 56.1 Å². The van der Waals surface area contributed by atoms with E-state index in [0.29, 0.717) is 47.0 Å². The van der Waals surface area contributed by atoms with Crippen molar-refractivity contribution in [3.63, 3.8) is 0 Å². The number of aromatic amines is 1. The van der Waals surface area contributed by atoms with Crippen molar-refractivity contribution < 1.29 is 22.4 Å². The van der Waals surface area contributed by atoms with Gasteiger partial charge in [0, 0.05) is 61.4 Å². The Morgan fingerprint density at radius 2 is 1.88 bits per heavy atom. The fraction of sp³-hybridized carbons (Fsp3) is 0.300. The lowest BCUT2D eigenvalue weighted by Crippen LogP contribution is -2.29. The fourth-order valence-electron chi connectivity index (χ4n) is 4.79. The average molecular weight is 595 g/mol. The summed E-state index contributed by atoms with van der Waals surface area (Å²) in [7, 11) is 3.55. The molecule has 0 radical (unpaired) electrons. The first-order valence-corrected chi connectivity index (χ1v) is 13.5. The van der Waals surface area contributed by atoms with Gasteiger partial charge in [0.05, 0.1) is 6.20 Å². The molecule has 2 amide bonds. The summed E-state index contributed by atoms with van der Waals surface area (Å²) in [5.74, 6) is 5.70. The highest BCUT2D eigenvalue weighted by molar-refractivity contribution is 5.99. The lowest BCUT2D eigenvalue weighted by Gasteiger charge is -2.17. The third-order valence-electron chi connectivity index (χ3n) is 7.18. The number of hydrogen-bond acceptors (Lipinski definition) is 5. The molecule has 4 N–H and O–H groups in total. The number of nitrogens with one attached hydrogen (secondary N) is 4. The van der Waals surface area contributed by atoms with Crippen LogP contribution in [0, 0.1) is 24.6 Å². The van der Waals surface area contributed by atoms with E-state index >= 15 is 0 Å². The molecule has 0 aliphatic carbocycles. The summed E-state index contributed by atoms with van der Waals surface area (Å²) in [6, 6.07) is 9.71. The highest BCUT2D eigenvalue weighted by Crippen LogP contribution is 2.29. The molecule has 224 valence electrons. The fourth-order valence-corrected chi connectivity index (χ4v) is 4.79. The van der Waals surface area contributed by atoms with Gasteiger partial charge in [0.15, 0.2) is 11.6 Å². The molecule has 1 atom stereocenters. The molecule has 2 aromatic carbocycles. The summed E-state index contributed by atoms with van der Waals surface area (Å²) in [6.45, 7) is 4.12. The van der Waals surface area contributed by atoms with Gasteiger partial charge in [0.2, 0.25) is 0 Å². The molecule has 9 nitrogen and oxygen atoms in total. The summed E-state index contributed by atoms with van der Waals surface area (Å²) in [4.78, 5) is 25.2. The number of likely N-dealkylation sites (N-methyl/N-ethyl adjacent to an activating group) is 1. The quantitative estimate of drug-likeness (QED) is 0.184. The SMILES string of the molecule is CN[C@@H]1CCN(Cc2ccc(NC(=O)Nc3ccc(C)c(C#Cc4cn(C)c(-c5ncc(C(F)(F)F)[nH]5)n4)c3)cc2F)C1. The number of hydrogen-bond donors (Lipinski definition) is 4. The zero-order valence-corrected chi connectivity index (χ0v) is 23.7. The first-order valence-electron chi connectivity index (χ1n) is 13.5. The molecule has 1 aliphatic heterocycles. The zero-order valence-electron chi connectivity index (χ0n) is 23.7. The molecule has 1 aliphatic rings. The van der Waals surface area contributed by atoms with Crippen molar-refractivity contribution in [3.05, 3.63) is 82.7 Å².